The largest absolute Gasteiger partial charge is 0.489 e. The van der Waals surface area contributed by atoms with Crippen LogP contribution in [0.15, 0.2) is 53.8 Å². The van der Waals surface area contributed by atoms with Crippen molar-refractivity contribution in [3.05, 3.63) is 59.4 Å². The highest BCUT2D eigenvalue weighted by Gasteiger charge is 2.55. The maximum Gasteiger partial charge on any atom is 0.258 e. The molecule has 2 aliphatic heterocycles. The predicted molar refractivity (Wildman–Crippen MR) is 144 cm³/mol. The molecular formula is C27H31ClF2N6O4. The second-order valence-corrected chi connectivity index (χ2v) is 10.8. The maximum atomic E-state index is 13.9. The lowest BCUT2D eigenvalue weighted by Gasteiger charge is -2.40. The fourth-order valence-electron chi connectivity index (χ4n) is 4.71. The topological polar surface area (TPSA) is 130 Å². The fraction of sp³-hybridized carbons (Fsp3) is 0.444. The third-order valence-electron chi connectivity index (χ3n) is 6.78. The van der Waals surface area contributed by atoms with Gasteiger partial charge < -0.3 is 20.7 Å². The molecule has 1 aromatic carbocycles. The summed E-state index contributed by atoms with van der Waals surface area (Å²) in [5.41, 5.74) is 4.26. The van der Waals surface area contributed by atoms with Crippen molar-refractivity contribution >= 4 is 35.0 Å². The fourth-order valence-corrected chi connectivity index (χ4v) is 4.90. The van der Waals surface area contributed by atoms with E-state index < -0.39 is 47.7 Å². The Balaban J connectivity index is 1.62. The molecule has 2 aliphatic rings. The molecule has 2 unspecified atom stereocenters. The number of rotatable bonds is 10. The number of para-hydroxylation sites is 1. The average molecular weight is 577 g/mol. The van der Waals surface area contributed by atoms with Gasteiger partial charge in [-0.2, -0.15) is 5.10 Å². The summed E-state index contributed by atoms with van der Waals surface area (Å²) in [6.07, 6.45) is -0.965. The van der Waals surface area contributed by atoms with E-state index in [0.29, 0.717) is 22.2 Å². The Morgan fingerprint density at radius 2 is 1.95 bits per heavy atom. The monoisotopic (exact) mass is 576 g/mol. The molecule has 10 nitrogen and oxygen atoms in total. The van der Waals surface area contributed by atoms with Gasteiger partial charge in [0.15, 0.2) is 0 Å². The van der Waals surface area contributed by atoms with Crippen LogP contribution < -0.4 is 15.8 Å². The van der Waals surface area contributed by atoms with Crippen molar-refractivity contribution in [2.24, 2.45) is 16.3 Å². The number of likely N-dealkylation sites (tertiary alicyclic amines) is 1. The molecule has 1 aromatic heterocycles. The molecule has 1 saturated heterocycles. The summed E-state index contributed by atoms with van der Waals surface area (Å²) in [5, 5.41) is 7.99. The van der Waals surface area contributed by atoms with Crippen molar-refractivity contribution in [1.29, 1.82) is 0 Å². The number of ether oxygens (including phenoxy) is 1. The molecule has 2 aromatic rings. The van der Waals surface area contributed by atoms with Gasteiger partial charge >= 0.3 is 0 Å². The van der Waals surface area contributed by atoms with Gasteiger partial charge in [-0.15, -0.1) is 0 Å². The van der Waals surface area contributed by atoms with Crippen molar-refractivity contribution < 1.29 is 27.9 Å². The van der Waals surface area contributed by atoms with Gasteiger partial charge in [-0.05, 0) is 38.1 Å². The zero-order chi connectivity index (χ0) is 29.1. The van der Waals surface area contributed by atoms with Crippen LogP contribution in [0.3, 0.4) is 0 Å². The number of amides is 3. The second-order valence-electron chi connectivity index (χ2n) is 10.4. The number of fused-ring (bicyclic) bond motifs is 1. The zero-order valence-corrected chi connectivity index (χ0v) is 22.9. The highest BCUT2D eigenvalue weighted by molar-refractivity contribution is 6.32. The first-order valence-electron chi connectivity index (χ1n) is 12.7. The number of pyridine rings is 1. The number of benzene rings is 1. The van der Waals surface area contributed by atoms with Gasteiger partial charge in [-0.1, -0.05) is 29.8 Å². The normalized spacial score (nSPS) is 19.8. The number of hydrogen-bond donors (Lipinski definition) is 2. The Morgan fingerprint density at radius 1 is 1.23 bits per heavy atom. The van der Waals surface area contributed by atoms with E-state index in [1.165, 1.54) is 18.7 Å². The van der Waals surface area contributed by atoms with Gasteiger partial charge in [-0.3, -0.25) is 19.4 Å². The van der Waals surface area contributed by atoms with Gasteiger partial charge in [0.1, 0.15) is 30.4 Å². The predicted octanol–water partition coefficient (Wildman–Crippen LogP) is 2.26. The molecule has 3 amide bonds. The smallest absolute Gasteiger partial charge is 0.258 e. The summed E-state index contributed by atoms with van der Waals surface area (Å²) in [4.78, 5) is 46.0. The number of aromatic nitrogens is 1. The molecule has 1 fully saturated rings. The minimum Gasteiger partial charge on any atom is -0.489 e. The highest BCUT2D eigenvalue weighted by atomic mass is 35.5. The van der Waals surface area contributed by atoms with Crippen molar-refractivity contribution in [3.63, 3.8) is 0 Å². The van der Waals surface area contributed by atoms with Gasteiger partial charge in [0.2, 0.25) is 11.8 Å². The summed E-state index contributed by atoms with van der Waals surface area (Å²) in [5.74, 6) is -1.42. The highest BCUT2D eigenvalue weighted by Crippen LogP contribution is 2.39. The molecule has 3 N–H and O–H groups in total. The number of carbonyl (C=O) groups is 3. The number of halogens is 3. The molecule has 0 saturated carbocycles. The van der Waals surface area contributed by atoms with E-state index in [4.69, 9.17) is 22.1 Å². The molecule has 0 radical (unpaired) electrons. The number of nitrogens with zero attached hydrogens (tertiary/aromatic N) is 4. The molecule has 3 heterocycles. The first-order valence-corrected chi connectivity index (χ1v) is 13.1. The Hall–Kier alpha value is -3.64. The van der Waals surface area contributed by atoms with Gasteiger partial charge in [0, 0.05) is 37.8 Å². The van der Waals surface area contributed by atoms with Crippen LogP contribution in [0.5, 0.6) is 5.75 Å². The third kappa shape index (κ3) is 6.39. The van der Waals surface area contributed by atoms with Crippen molar-refractivity contribution in [2.75, 3.05) is 26.2 Å². The number of carbonyl (C=O) groups excluding carboxylic acids is 3. The summed E-state index contributed by atoms with van der Waals surface area (Å²) < 4.78 is 32.3. The summed E-state index contributed by atoms with van der Waals surface area (Å²) in [7, 11) is 0. The first-order chi connectivity index (χ1) is 18.9. The summed E-state index contributed by atoms with van der Waals surface area (Å²) in [6.45, 7) is 1.90. The maximum absolute atomic E-state index is 13.9. The van der Waals surface area contributed by atoms with Crippen LogP contribution in [0.25, 0.3) is 0 Å². The Bertz CT molecular complexity index is 1290. The van der Waals surface area contributed by atoms with Gasteiger partial charge in [0.05, 0.1) is 16.3 Å². The lowest BCUT2D eigenvalue weighted by molar-refractivity contribution is -0.144. The molecular weight excluding hydrogens is 546 g/mol. The lowest BCUT2D eigenvalue weighted by atomic mass is 9.74. The molecule has 0 bridgehead atoms. The minimum atomic E-state index is -2.78. The summed E-state index contributed by atoms with van der Waals surface area (Å²) in [6, 6.07) is 10.7. The number of nitrogens with one attached hydrogen (secondary N) is 1. The zero-order valence-electron chi connectivity index (χ0n) is 22.1. The minimum absolute atomic E-state index is 0.0675. The second kappa shape index (κ2) is 11.8. The molecule has 0 spiro atoms. The summed E-state index contributed by atoms with van der Waals surface area (Å²) >= 11 is 6.19. The van der Waals surface area contributed by atoms with E-state index in [-0.39, 0.29) is 32.5 Å². The van der Waals surface area contributed by atoms with E-state index in [2.05, 4.69) is 15.4 Å². The molecule has 0 aliphatic carbocycles. The van der Waals surface area contributed by atoms with Crippen LogP contribution >= 0.6 is 11.6 Å². The van der Waals surface area contributed by atoms with Gasteiger partial charge in [-0.25, -0.2) is 13.8 Å². The Kier molecular flexibility index (Phi) is 8.69. The number of hydrogen-bond acceptors (Lipinski definition) is 7. The van der Waals surface area contributed by atoms with Crippen LogP contribution in [0.2, 0.25) is 5.02 Å². The molecule has 13 heteroatoms. The van der Waals surface area contributed by atoms with Crippen LogP contribution in [0.4, 0.5) is 8.78 Å². The van der Waals surface area contributed by atoms with E-state index in [9.17, 15) is 23.2 Å². The van der Waals surface area contributed by atoms with Crippen LogP contribution in [0, 0.1) is 5.41 Å². The number of piperidine rings is 1. The van der Waals surface area contributed by atoms with Crippen molar-refractivity contribution in [1.82, 2.24) is 20.2 Å². The third-order valence-corrected chi connectivity index (χ3v) is 7.09. The molecule has 214 valence electrons. The van der Waals surface area contributed by atoms with E-state index in [1.807, 2.05) is 0 Å². The first kappa shape index (κ1) is 29.3. The van der Waals surface area contributed by atoms with Crippen LogP contribution in [-0.4, -0.2) is 82.6 Å². The van der Waals surface area contributed by atoms with Crippen molar-refractivity contribution in [3.8, 4) is 5.75 Å². The van der Waals surface area contributed by atoms with E-state index in [0.717, 1.165) is 5.01 Å². The van der Waals surface area contributed by atoms with Crippen molar-refractivity contribution in [2.45, 2.75) is 44.7 Å². The number of alkyl halides is 2. The van der Waals surface area contributed by atoms with Crippen LogP contribution in [-0.2, 0) is 20.8 Å². The van der Waals surface area contributed by atoms with Gasteiger partial charge in [0.25, 0.3) is 12.3 Å². The SMILES string of the molecule is CC(C)(N)C(=O)NC(COc1ccccc1Cl)C(=O)N1CCC2=NN(CC(F)F)C(=O)C2(Cc2ccccn2)C1. The van der Waals surface area contributed by atoms with Crippen LogP contribution in [0.1, 0.15) is 26.0 Å². The molecule has 4 rings (SSSR count). The number of hydrazone groups is 1. The van der Waals surface area contributed by atoms with E-state index in [1.54, 1.807) is 48.7 Å². The van der Waals surface area contributed by atoms with E-state index >= 15 is 0 Å². The average Bonchev–Trinajstić information content (AvgIpc) is 3.16. The molecule has 2 atom stereocenters. The Labute approximate surface area is 235 Å². The quantitative estimate of drug-likeness (QED) is 0.446. The molecule has 40 heavy (non-hydrogen) atoms. The standard InChI is InChI=1S/C27H31ClF2N6O4/c1-26(2,31)24(38)33-19(15-40-20-9-4-3-8-18(20)28)23(37)35-12-10-21-27(16-35,13-17-7-5-6-11-32-17)25(39)36(34-21)14-22(29)30/h3-9,11,19,22H,10,12-16,31H2,1-2H3,(H,33,38). The Morgan fingerprint density at radius 3 is 2.60 bits per heavy atom. The lowest BCUT2D eigenvalue weighted by Crippen LogP contribution is -2.62. The number of nitrogens with two attached hydrogens (primary N) is 1.